The molecule has 1 aliphatic carbocycles. The molecule has 2 saturated heterocycles. The molecule has 2 heterocycles. The van der Waals surface area contributed by atoms with Crippen LogP contribution in [0.4, 0.5) is 11.4 Å². The summed E-state index contributed by atoms with van der Waals surface area (Å²) in [5, 5.41) is 0. The van der Waals surface area contributed by atoms with Crippen molar-refractivity contribution in [3.05, 3.63) is 54.1 Å². The van der Waals surface area contributed by atoms with Gasteiger partial charge in [0.1, 0.15) is 5.75 Å². The lowest BCUT2D eigenvalue weighted by Crippen LogP contribution is -2.30. The zero-order valence-electron chi connectivity index (χ0n) is 19.4. The van der Waals surface area contributed by atoms with Crippen LogP contribution in [0.15, 0.2) is 48.5 Å². The van der Waals surface area contributed by atoms with Crippen molar-refractivity contribution in [2.45, 2.75) is 39.5 Å². The van der Waals surface area contributed by atoms with Gasteiger partial charge in [0.15, 0.2) is 0 Å². The molecule has 0 radical (unpaired) electrons. The maximum Gasteiger partial charge on any atom is 0.316 e. The average molecular weight is 461 g/mol. The van der Waals surface area contributed by atoms with Gasteiger partial charge in [-0.05, 0) is 68.5 Å². The topological polar surface area (TPSA) is 84.0 Å². The Kier molecular flexibility index (Phi) is 5.71. The van der Waals surface area contributed by atoms with E-state index in [1.54, 1.807) is 29.2 Å². The van der Waals surface area contributed by atoms with Crippen molar-refractivity contribution >= 4 is 35.1 Å². The summed E-state index contributed by atoms with van der Waals surface area (Å²) in [5.41, 5.74) is 2.36. The third-order valence-corrected chi connectivity index (χ3v) is 7.31. The van der Waals surface area contributed by atoms with Crippen molar-refractivity contribution in [2.75, 3.05) is 16.3 Å². The molecule has 0 unspecified atom stereocenters. The number of esters is 1. The molecule has 0 N–H and O–H groups in total. The summed E-state index contributed by atoms with van der Waals surface area (Å²) in [6, 6.07) is 14.1. The third-order valence-electron chi connectivity index (χ3n) is 7.31. The summed E-state index contributed by atoms with van der Waals surface area (Å²) in [6.45, 7) is 4.37. The minimum absolute atomic E-state index is 0.1000. The van der Waals surface area contributed by atoms with E-state index in [-0.39, 0.29) is 42.5 Å². The molecule has 3 fully saturated rings. The Morgan fingerprint density at radius 3 is 2.24 bits per heavy atom. The van der Waals surface area contributed by atoms with Gasteiger partial charge in [0.05, 0.1) is 23.4 Å². The maximum atomic E-state index is 12.9. The summed E-state index contributed by atoms with van der Waals surface area (Å²) in [5.74, 6) is -1.08. The van der Waals surface area contributed by atoms with E-state index in [1.165, 1.54) is 4.90 Å². The molecule has 0 aromatic heterocycles. The Balaban J connectivity index is 1.24. The Bertz CT molecular complexity index is 1140. The summed E-state index contributed by atoms with van der Waals surface area (Å²) in [7, 11) is 0. The molecule has 2 aromatic rings. The Hall–Kier alpha value is -3.48. The number of imide groups is 1. The smallest absolute Gasteiger partial charge is 0.316 e. The van der Waals surface area contributed by atoms with Gasteiger partial charge in [0, 0.05) is 18.7 Å². The number of carbonyl (C=O) groups excluding carboxylic acids is 4. The highest BCUT2D eigenvalue weighted by Crippen LogP contribution is 2.42. The van der Waals surface area contributed by atoms with Crippen molar-refractivity contribution < 1.29 is 23.9 Å². The molecule has 2 aromatic carbocycles. The molecule has 3 amide bonds. The molecule has 1 saturated carbocycles. The number of nitrogens with zero attached hydrogens (tertiary/aromatic N) is 2. The second kappa shape index (κ2) is 8.70. The Morgan fingerprint density at radius 1 is 0.882 bits per heavy atom. The molecule has 7 nitrogen and oxygen atoms in total. The lowest BCUT2D eigenvalue weighted by molar-refractivity contribution is -0.139. The molecule has 176 valence electrons. The third kappa shape index (κ3) is 4.00. The first kappa shape index (κ1) is 22.3. The molecule has 7 heteroatoms. The summed E-state index contributed by atoms with van der Waals surface area (Å²) in [4.78, 5) is 53.9. The van der Waals surface area contributed by atoms with E-state index >= 15 is 0 Å². The molecule has 5 rings (SSSR count). The van der Waals surface area contributed by atoms with Crippen LogP contribution in [0.5, 0.6) is 5.75 Å². The first-order chi connectivity index (χ1) is 16.3. The number of rotatable bonds is 4. The van der Waals surface area contributed by atoms with Gasteiger partial charge in [-0.3, -0.25) is 24.1 Å². The minimum atomic E-state index is -0.555. The van der Waals surface area contributed by atoms with Crippen molar-refractivity contribution in [3.63, 3.8) is 0 Å². The first-order valence-electron chi connectivity index (χ1n) is 11.9. The van der Waals surface area contributed by atoms with Crippen molar-refractivity contribution in [3.8, 4) is 5.75 Å². The SMILES string of the molecule is Cc1ccc(N2C[C@@H](C(=O)Oc3ccc(N4C(=O)[C@H]5CC[C@H](C)C[C@@H]5C4=O)cc3)CC2=O)cc1. The van der Waals surface area contributed by atoms with Crippen LogP contribution in [0.1, 0.15) is 38.2 Å². The second-order valence-electron chi connectivity index (χ2n) is 9.80. The van der Waals surface area contributed by atoms with E-state index in [9.17, 15) is 19.2 Å². The fourth-order valence-corrected chi connectivity index (χ4v) is 5.35. The fourth-order valence-electron chi connectivity index (χ4n) is 5.35. The number of fused-ring (bicyclic) bond motifs is 1. The van der Waals surface area contributed by atoms with E-state index in [0.29, 0.717) is 17.4 Å². The normalized spacial score (nSPS) is 26.7. The zero-order valence-corrected chi connectivity index (χ0v) is 19.4. The highest BCUT2D eigenvalue weighted by Gasteiger charge is 2.50. The zero-order chi connectivity index (χ0) is 24.0. The number of ether oxygens (including phenoxy) is 1. The second-order valence-corrected chi connectivity index (χ2v) is 9.80. The quantitative estimate of drug-likeness (QED) is 0.393. The van der Waals surface area contributed by atoms with Gasteiger partial charge in [0.25, 0.3) is 0 Å². The van der Waals surface area contributed by atoms with Crippen LogP contribution in [-0.4, -0.2) is 30.2 Å². The summed E-state index contributed by atoms with van der Waals surface area (Å²) in [6.07, 6.45) is 2.57. The van der Waals surface area contributed by atoms with Crippen LogP contribution in [0.25, 0.3) is 0 Å². The minimum Gasteiger partial charge on any atom is -0.426 e. The number of aryl methyl sites for hydroxylation is 1. The lowest BCUT2D eigenvalue weighted by atomic mass is 9.76. The van der Waals surface area contributed by atoms with Gasteiger partial charge in [-0.2, -0.15) is 0 Å². The van der Waals surface area contributed by atoms with Crippen molar-refractivity contribution in [1.29, 1.82) is 0 Å². The van der Waals surface area contributed by atoms with E-state index in [1.807, 2.05) is 31.2 Å². The van der Waals surface area contributed by atoms with Crippen LogP contribution in [-0.2, 0) is 19.2 Å². The molecule has 34 heavy (non-hydrogen) atoms. The summed E-state index contributed by atoms with van der Waals surface area (Å²) >= 11 is 0. The monoisotopic (exact) mass is 460 g/mol. The van der Waals surface area contributed by atoms with E-state index in [4.69, 9.17) is 4.74 Å². The number of anilines is 2. The maximum absolute atomic E-state index is 12.9. The highest BCUT2D eigenvalue weighted by molar-refractivity contribution is 6.22. The van der Waals surface area contributed by atoms with Gasteiger partial charge in [-0.25, -0.2) is 0 Å². The fraction of sp³-hybridized carbons (Fsp3) is 0.407. The van der Waals surface area contributed by atoms with Gasteiger partial charge in [-0.1, -0.05) is 24.6 Å². The molecular weight excluding hydrogens is 432 g/mol. The summed E-state index contributed by atoms with van der Waals surface area (Å²) < 4.78 is 5.52. The first-order valence-corrected chi connectivity index (χ1v) is 11.9. The van der Waals surface area contributed by atoms with E-state index in [0.717, 1.165) is 30.5 Å². The number of amides is 3. The van der Waals surface area contributed by atoms with Gasteiger partial charge in [0.2, 0.25) is 17.7 Å². The Labute approximate surface area is 198 Å². The van der Waals surface area contributed by atoms with Crippen LogP contribution in [0.3, 0.4) is 0 Å². The van der Waals surface area contributed by atoms with E-state index in [2.05, 4.69) is 6.92 Å². The van der Waals surface area contributed by atoms with Crippen LogP contribution in [0.2, 0.25) is 0 Å². The predicted molar refractivity (Wildman–Crippen MR) is 126 cm³/mol. The predicted octanol–water partition coefficient (Wildman–Crippen LogP) is 3.88. The number of benzene rings is 2. The molecule has 0 bridgehead atoms. The number of carbonyl (C=O) groups is 4. The Morgan fingerprint density at radius 2 is 1.53 bits per heavy atom. The molecule has 0 spiro atoms. The van der Waals surface area contributed by atoms with Gasteiger partial charge < -0.3 is 9.64 Å². The van der Waals surface area contributed by atoms with Crippen LogP contribution < -0.4 is 14.5 Å². The largest absolute Gasteiger partial charge is 0.426 e. The average Bonchev–Trinajstić information content (AvgIpc) is 3.32. The van der Waals surface area contributed by atoms with Crippen molar-refractivity contribution in [1.82, 2.24) is 0 Å². The molecular formula is C27H28N2O5. The molecule has 4 atom stereocenters. The number of hydrogen-bond acceptors (Lipinski definition) is 5. The standard InChI is InChI=1S/C27H28N2O5/c1-16-3-6-19(7-4-16)28-15-18(14-24(28)30)27(33)34-21-10-8-20(9-11-21)29-25(31)22-12-5-17(2)13-23(22)26(29)32/h3-4,6-11,17-18,22-23H,5,12-15H2,1-2H3/t17-,18-,22-,23-/m0/s1. The van der Waals surface area contributed by atoms with Crippen molar-refractivity contribution in [2.24, 2.45) is 23.7 Å². The van der Waals surface area contributed by atoms with Gasteiger partial charge >= 0.3 is 5.97 Å². The van der Waals surface area contributed by atoms with Crippen LogP contribution in [0, 0.1) is 30.6 Å². The number of hydrogen-bond donors (Lipinski definition) is 0. The van der Waals surface area contributed by atoms with Crippen LogP contribution >= 0.6 is 0 Å². The van der Waals surface area contributed by atoms with Gasteiger partial charge in [-0.15, -0.1) is 0 Å². The lowest BCUT2D eigenvalue weighted by Gasteiger charge is -2.25. The van der Waals surface area contributed by atoms with E-state index < -0.39 is 11.9 Å². The highest BCUT2D eigenvalue weighted by atomic mass is 16.5. The molecule has 2 aliphatic heterocycles. The molecule has 3 aliphatic rings.